The van der Waals surface area contributed by atoms with Gasteiger partial charge in [0.2, 0.25) is 0 Å². The Labute approximate surface area is 125 Å². The van der Waals surface area contributed by atoms with Crippen LogP contribution in [0.2, 0.25) is 0 Å². The molecule has 0 radical (unpaired) electrons. The van der Waals surface area contributed by atoms with E-state index in [1.807, 2.05) is 24.3 Å². The quantitative estimate of drug-likeness (QED) is 0.908. The summed E-state index contributed by atoms with van der Waals surface area (Å²) in [4.78, 5) is 13.4. The molecule has 0 aliphatic rings. The fraction of sp³-hybridized carbons (Fsp3) is 0.235. The van der Waals surface area contributed by atoms with E-state index >= 15 is 0 Å². The first-order valence-corrected chi connectivity index (χ1v) is 6.93. The second-order valence-corrected chi connectivity index (χ2v) is 4.75. The highest BCUT2D eigenvalue weighted by Gasteiger charge is 2.08. The van der Waals surface area contributed by atoms with Crippen molar-refractivity contribution in [3.63, 3.8) is 0 Å². The highest BCUT2D eigenvalue weighted by molar-refractivity contribution is 5.84. The Hall–Kier alpha value is -2.49. The average molecular weight is 284 g/mol. The molecule has 0 unspecified atom stereocenters. The second kappa shape index (κ2) is 6.79. The molecule has 0 fully saturated rings. The minimum atomic E-state index is -0.464. The first-order valence-electron chi connectivity index (χ1n) is 6.93. The summed E-state index contributed by atoms with van der Waals surface area (Å²) in [5.41, 5.74) is 4.19. The van der Waals surface area contributed by atoms with Crippen LogP contribution in [-0.2, 0) is 4.74 Å². The van der Waals surface area contributed by atoms with E-state index in [1.54, 1.807) is 0 Å². The number of carbonyl (C=O) groups is 1. The van der Waals surface area contributed by atoms with Gasteiger partial charge in [-0.15, -0.1) is 0 Å². The van der Waals surface area contributed by atoms with Crippen molar-refractivity contribution in [1.82, 2.24) is 0 Å². The van der Waals surface area contributed by atoms with Crippen LogP contribution in [0.5, 0.6) is 0 Å². The lowest BCUT2D eigenvalue weighted by Crippen LogP contribution is -2.16. The van der Waals surface area contributed by atoms with E-state index in [0.717, 1.165) is 17.9 Å². The van der Waals surface area contributed by atoms with Gasteiger partial charge in [-0.25, -0.2) is 4.79 Å². The highest BCUT2D eigenvalue weighted by Crippen LogP contribution is 2.26. The smallest absolute Gasteiger partial charge is 0.411 e. The summed E-state index contributed by atoms with van der Waals surface area (Å²) in [6.45, 7) is 5.07. The first kappa shape index (κ1) is 14.9. The van der Waals surface area contributed by atoms with Crippen molar-refractivity contribution in [2.75, 3.05) is 23.9 Å². The summed E-state index contributed by atoms with van der Waals surface area (Å²) in [7, 11) is 1.35. The van der Waals surface area contributed by atoms with Crippen molar-refractivity contribution in [2.24, 2.45) is 0 Å². The van der Waals surface area contributed by atoms with Crippen molar-refractivity contribution in [3.05, 3.63) is 54.1 Å². The summed E-state index contributed by atoms with van der Waals surface area (Å²) < 4.78 is 4.58. The summed E-state index contributed by atoms with van der Waals surface area (Å²) in [6, 6.07) is 16.1. The van der Waals surface area contributed by atoms with Crippen molar-refractivity contribution in [2.45, 2.75) is 13.8 Å². The lowest BCUT2D eigenvalue weighted by molar-refractivity contribution is 0.187. The van der Waals surface area contributed by atoms with Crippen molar-refractivity contribution >= 4 is 23.2 Å². The molecule has 1 amide bonds. The largest absolute Gasteiger partial charge is 0.453 e. The number of methoxy groups -OCH3 is 1. The van der Waals surface area contributed by atoms with Gasteiger partial charge in [-0.05, 0) is 55.8 Å². The number of ether oxygens (including phenoxy) is 1. The Balaban J connectivity index is 2.21. The van der Waals surface area contributed by atoms with E-state index in [-0.39, 0.29) is 0 Å². The van der Waals surface area contributed by atoms with Gasteiger partial charge in [-0.1, -0.05) is 12.1 Å². The van der Waals surface area contributed by atoms with Gasteiger partial charge >= 0.3 is 6.09 Å². The zero-order valence-corrected chi connectivity index (χ0v) is 12.6. The monoisotopic (exact) mass is 284 g/mol. The van der Waals surface area contributed by atoms with Crippen LogP contribution in [0.25, 0.3) is 0 Å². The molecule has 0 aliphatic carbocycles. The fourth-order valence-corrected chi connectivity index (χ4v) is 2.20. The summed E-state index contributed by atoms with van der Waals surface area (Å²) in [5.74, 6) is 0. The number of carbonyl (C=O) groups excluding carboxylic acids is 1. The van der Waals surface area contributed by atoms with E-state index in [2.05, 4.69) is 53.1 Å². The molecular formula is C17H20N2O2. The SMILES string of the molecule is CCN(c1ccc(NC(=O)OC)cc1)c1cccc(C)c1. The molecule has 21 heavy (non-hydrogen) atoms. The molecule has 110 valence electrons. The van der Waals surface area contributed by atoms with Gasteiger partial charge in [0.15, 0.2) is 0 Å². The molecule has 0 aliphatic heterocycles. The lowest BCUT2D eigenvalue weighted by atomic mass is 10.2. The zero-order chi connectivity index (χ0) is 15.2. The first-order chi connectivity index (χ1) is 10.1. The molecule has 0 spiro atoms. The zero-order valence-electron chi connectivity index (χ0n) is 12.6. The van der Waals surface area contributed by atoms with E-state index < -0.39 is 6.09 Å². The van der Waals surface area contributed by atoms with E-state index in [0.29, 0.717) is 5.69 Å². The van der Waals surface area contributed by atoms with Crippen LogP contribution < -0.4 is 10.2 Å². The predicted molar refractivity (Wildman–Crippen MR) is 86.3 cm³/mol. The number of aryl methyl sites for hydroxylation is 1. The van der Waals surface area contributed by atoms with Gasteiger partial charge in [0.1, 0.15) is 0 Å². The Morgan fingerprint density at radius 3 is 2.43 bits per heavy atom. The molecule has 4 nitrogen and oxygen atoms in total. The van der Waals surface area contributed by atoms with Crippen molar-refractivity contribution in [1.29, 1.82) is 0 Å². The highest BCUT2D eigenvalue weighted by atomic mass is 16.5. The molecule has 0 heterocycles. The predicted octanol–water partition coefficient (Wildman–Crippen LogP) is 4.33. The molecular weight excluding hydrogens is 264 g/mol. The third kappa shape index (κ3) is 3.75. The van der Waals surface area contributed by atoms with Gasteiger partial charge in [-0.3, -0.25) is 5.32 Å². The molecule has 2 rings (SSSR count). The third-order valence-corrected chi connectivity index (χ3v) is 3.24. The minimum absolute atomic E-state index is 0.464. The van der Waals surface area contributed by atoms with E-state index in [9.17, 15) is 4.79 Å². The number of hydrogen-bond donors (Lipinski definition) is 1. The third-order valence-electron chi connectivity index (χ3n) is 3.24. The molecule has 2 aromatic rings. The van der Waals surface area contributed by atoms with Crippen LogP contribution >= 0.6 is 0 Å². The van der Waals surface area contributed by atoms with Gasteiger partial charge in [0.25, 0.3) is 0 Å². The van der Waals surface area contributed by atoms with Gasteiger partial charge in [-0.2, -0.15) is 0 Å². The minimum Gasteiger partial charge on any atom is -0.453 e. The molecule has 0 atom stereocenters. The number of benzene rings is 2. The normalized spacial score (nSPS) is 10.0. The molecule has 4 heteroatoms. The molecule has 1 N–H and O–H groups in total. The van der Waals surface area contributed by atoms with Crippen molar-refractivity contribution < 1.29 is 9.53 Å². The maximum Gasteiger partial charge on any atom is 0.411 e. The van der Waals surface area contributed by atoms with Crippen molar-refractivity contribution in [3.8, 4) is 0 Å². The second-order valence-electron chi connectivity index (χ2n) is 4.75. The van der Waals surface area contributed by atoms with Crippen LogP contribution in [0.3, 0.4) is 0 Å². The molecule has 0 bridgehead atoms. The van der Waals surface area contributed by atoms with Crippen LogP contribution in [-0.4, -0.2) is 19.7 Å². The number of nitrogens with one attached hydrogen (secondary N) is 1. The van der Waals surface area contributed by atoms with Gasteiger partial charge < -0.3 is 9.64 Å². The molecule has 0 saturated heterocycles. The fourth-order valence-electron chi connectivity index (χ4n) is 2.20. The maximum absolute atomic E-state index is 11.2. The number of amides is 1. The number of anilines is 3. The maximum atomic E-state index is 11.2. The summed E-state index contributed by atoms with van der Waals surface area (Å²) >= 11 is 0. The van der Waals surface area contributed by atoms with Crippen LogP contribution in [0.15, 0.2) is 48.5 Å². The Morgan fingerprint density at radius 2 is 1.86 bits per heavy atom. The Morgan fingerprint density at radius 1 is 1.14 bits per heavy atom. The summed E-state index contributed by atoms with van der Waals surface area (Å²) in [6.07, 6.45) is -0.464. The standard InChI is InChI=1S/C17H20N2O2/c1-4-19(16-7-5-6-13(2)12-16)15-10-8-14(9-11-15)18-17(20)21-3/h5-12H,4H2,1-3H3,(H,18,20). The Bertz CT molecular complexity index is 608. The number of hydrogen-bond acceptors (Lipinski definition) is 3. The number of rotatable bonds is 4. The van der Waals surface area contributed by atoms with Crippen LogP contribution in [0.4, 0.5) is 21.9 Å². The van der Waals surface area contributed by atoms with Gasteiger partial charge in [0.05, 0.1) is 7.11 Å². The average Bonchev–Trinajstić information content (AvgIpc) is 2.50. The van der Waals surface area contributed by atoms with Gasteiger partial charge in [0, 0.05) is 23.6 Å². The van der Waals surface area contributed by atoms with Crippen LogP contribution in [0, 0.1) is 6.92 Å². The van der Waals surface area contributed by atoms with E-state index in [4.69, 9.17) is 0 Å². The molecule has 0 saturated carbocycles. The van der Waals surface area contributed by atoms with E-state index in [1.165, 1.54) is 12.7 Å². The molecule has 0 aromatic heterocycles. The molecule has 2 aromatic carbocycles. The Kier molecular flexibility index (Phi) is 4.82. The topological polar surface area (TPSA) is 41.6 Å². The lowest BCUT2D eigenvalue weighted by Gasteiger charge is -2.24. The number of nitrogens with zero attached hydrogens (tertiary/aromatic N) is 1. The summed E-state index contributed by atoms with van der Waals surface area (Å²) in [5, 5.41) is 2.64. The van der Waals surface area contributed by atoms with Crippen LogP contribution in [0.1, 0.15) is 12.5 Å².